The van der Waals surface area contributed by atoms with Gasteiger partial charge in [-0.05, 0) is 36.2 Å². The van der Waals surface area contributed by atoms with E-state index in [1.807, 2.05) is 6.07 Å². The third kappa shape index (κ3) is 4.04. The lowest BCUT2D eigenvalue weighted by Crippen LogP contribution is -2.15. The number of amides is 1. The number of nitrogens with zero attached hydrogens (tertiary/aromatic N) is 1. The molecule has 108 valence electrons. The lowest BCUT2D eigenvalue weighted by atomic mass is 10.1. The molecule has 0 aliphatic heterocycles. The predicted molar refractivity (Wildman–Crippen MR) is 76.3 cm³/mol. The fourth-order valence-electron chi connectivity index (χ4n) is 1.83. The van der Waals surface area contributed by atoms with Crippen LogP contribution >= 0.6 is 0 Å². The first-order valence-corrected chi connectivity index (χ1v) is 6.31. The van der Waals surface area contributed by atoms with Gasteiger partial charge in [0.05, 0.1) is 11.3 Å². The van der Waals surface area contributed by atoms with Gasteiger partial charge in [0, 0.05) is 18.8 Å². The molecule has 0 bridgehead atoms. The van der Waals surface area contributed by atoms with Crippen LogP contribution in [0.5, 0.6) is 5.75 Å². The number of aromatic carboxylic acids is 1. The Hall–Kier alpha value is -2.89. The molecule has 2 aromatic rings. The van der Waals surface area contributed by atoms with Gasteiger partial charge in [-0.15, -0.1) is 0 Å². The van der Waals surface area contributed by atoms with E-state index in [0.717, 1.165) is 11.6 Å². The van der Waals surface area contributed by atoms with Crippen molar-refractivity contribution in [1.82, 2.24) is 4.98 Å². The van der Waals surface area contributed by atoms with Crippen molar-refractivity contribution >= 4 is 17.6 Å². The number of aryl methyl sites for hydroxylation is 1. The number of carbonyl (C=O) groups excluding carboxylic acids is 1. The van der Waals surface area contributed by atoms with Crippen molar-refractivity contribution in [3.05, 3.63) is 53.9 Å². The lowest BCUT2D eigenvalue weighted by molar-refractivity contribution is -0.116. The number of carboxylic acids is 1. The van der Waals surface area contributed by atoms with Crippen LogP contribution in [0.2, 0.25) is 0 Å². The second-order valence-corrected chi connectivity index (χ2v) is 4.44. The molecule has 0 saturated heterocycles. The summed E-state index contributed by atoms with van der Waals surface area (Å²) in [7, 11) is 0. The molecule has 1 heterocycles. The van der Waals surface area contributed by atoms with Gasteiger partial charge < -0.3 is 15.5 Å². The van der Waals surface area contributed by atoms with Gasteiger partial charge in [0.2, 0.25) is 5.91 Å². The normalized spacial score (nSPS) is 10.1. The van der Waals surface area contributed by atoms with Gasteiger partial charge in [0.1, 0.15) is 5.75 Å². The Bertz CT molecular complexity index is 656. The molecule has 1 aromatic carbocycles. The number of rotatable bonds is 5. The van der Waals surface area contributed by atoms with Crippen molar-refractivity contribution in [3.8, 4) is 5.75 Å². The minimum absolute atomic E-state index is 0.148. The minimum atomic E-state index is -1.21. The van der Waals surface area contributed by atoms with Crippen LogP contribution in [0, 0.1) is 0 Å². The minimum Gasteiger partial charge on any atom is -0.508 e. The molecular formula is C15H14N2O4. The first kappa shape index (κ1) is 14.5. The van der Waals surface area contributed by atoms with E-state index >= 15 is 0 Å². The molecule has 0 radical (unpaired) electrons. The third-order valence-electron chi connectivity index (χ3n) is 2.87. The molecule has 3 N–H and O–H groups in total. The molecule has 2 rings (SSSR count). The first-order valence-electron chi connectivity index (χ1n) is 6.31. The van der Waals surface area contributed by atoms with Crippen molar-refractivity contribution in [2.24, 2.45) is 0 Å². The average Bonchev–Trinajstić information content (AvgIpc) is 2.48. The molecule has 1 aromatic heterocycles. The van der Waals surface area contributed by atoms with Gasteiger partial charge in [0.25, 0.3) is 0 Å². The van der Waals surface area contributed by atoms with E-state index in [9.17, 15) is 14.7 Å². The molecule has 0 unspecified atom stereocenters. The van der Waals surface area contributed by atoms with Crippen LogP contribution in [0.4, 0.5) is 5.69 Å². The topological polar surface area (TPSA) is 99.5 Å². The number of phenols is 1. The van der Waals surface area contributed by atoms with Crippen molar-refractivity contribution in [1.29, 1.82) is 0 Å². The molecular weight excluding hydrogens is 272 g/mol. The fourth-order valence-corrected chi connectivity index (χ4v) is 1.83. The number of aromatic hydroxyl groups is 1. The summed E-state index contributed by atoms with van der Waals surface area (Å²) in [5.74, 6) is -1.68. The van der Waals surface area contributed by atoms with E-state index in [0.29, 0.717) is 6.42 Å². The zero-order valence-electron chi connectivity index (χ0n) is 11.1. The Labute approximate surface area is 121 Å². The van der Waals surface area contributed by atoms with Crippen molar-refractivity contribution < 1.29 is 19.8 Å². The first-order chi connectivity index (χ1) is 10.1. The fraction of sp³-hybridized carbons (Fsp3) is 0.133. The number of aromatic nitrogens is 1. The van der Waals surface area contributed by atoms with Crippen LogP contribution in [-0.2, 0) is 11.2 Å². The highest BCUT2D eigenvalue weighted by atomic mass is 16.4. The second kappa shape index (κ2) is 6.51. The van der Waals surface area contributed by atoms with E-state index in [1.54, 1.807) is 18.5 Å². The summed E-state index contributed by atoms with van der Waals surface area (Å²) in [5.41, 5.74) is 0.943. The van der Waals surface area contributed by atoms with Crippen LogP contribution in [0.15, 0.2) is 42.7 Å². The summed E-state index contributed by atoms with van der Waals surface area (Å²) in [4.78, 5) is 26.9. The van der Waals surface area contributed by atoms with Gasteiger partial charge in [-0.1, -0.05) is 6.07 Å². The monoisotopic (exact) mass is 286 g/mol. The third-order valence-corrected chi connectivity index (χ3v) is 2.87. The largest absolute Gasteiger partial charge is 0.508 e. The molecule has 0 spiro atoms. The predicted octanol–water partition coefficient (Wildman–Crippen LogP) is 2.06. The highest BCUT2D eigenvalue weighted by molar-refractivity contribution is 6.00. The average molecular weight is 286 g/mol. The number of anilines is 1. The number of hydrogen-bond acceptors (Lipinski definition) is 4. The number of pyridine rings is 1. The maximum atomic E-state index is 11.9. The van der Waals surface area contributed by atoms with Crippen molar-refractivity contribution in [2.45, 2.75) is 12.8 Å². The molecule has 6 heteroatoms. The zero-order valence-corrected chi connectivity index (χ0v) is 11.1. The quantitative estimate of drug-likeness (QED) is 0.730. The number of phenolic OH excluding ortho intramolecular Hbond substituents is 1. The molecule has 0 fully saturated rings. The number of carboxylic acid groups (broad SMARTS) is 1. The summed E-state index contributed by atoms with van der Waals surface area (Å²) in [6.45, 7) is 0. The summed E-state index contributed by atoms with van der Waals surface area (Å²) in [5, 5.41) is 20.9. The summed E-state index contributed by atoms with van der Waals surface area (Å²) in [6, 6.07) is 7.43. The maximum Gasteiger partial charge on any atom is 0.337 e. The maximum absolute atomic E-state index is 11.9. The number of hydrogen-bond donors (Lipinski definition) is 3. The van der Waals surface area contributed by atoms with Gasteiger partial charge in [-0.2, -0.15) is 0 Å². The Kier molecular flexibility index (Phi) is 4.50. The molecule has 0 saturated carbocycles. The van der Waals surface area contributed by atoms with Crippen LogP contribution in [-0.4, -0.2) is 27.1 Å². The number of carbonyl (C=O) groups is 2. The Morgan fingerprint density at radius 1 is 1.24 bits per heavy atom. The summed E-state index contributed by atoms with van der Waals surface area (Å²) >= 11 is 0. The van der Waals surface area contributed by atoms with Gasteiger partial charge in [0.15, 0.2) is 0 Å². The molecule has 0 aliphatic carbocycles. The van der Waals surface area contributed by atoms with E-state index in [4.69, 9.17) is 5.11 Å². The Morgan fingerprint density at radius 3 is 2.71 bits per heavy atom. The van der Waals surface area contributed by atoms with Gasteiger partial charge in [-0.3, -0.25) is 9.78 Å². The van der Waals surface area contributed by atoms with Crippen LogP contribution in [0.25, 0.3) is 0 Å². The van der Waals surface area contributed by atoms with E-state index in [-0.39, 0.29) is 29.3 Å². The molecule has 21 heavy (non-hydrogen) atoms. The molecule has 0 atom stereocenters. The van der Waals surface area contributed by atoms with Crippen LogP contribution in [0.1, 0.15) is 22.3 Å². The van der Waals surface area contributed by atoms with Crippen LogP contribution in [0.3, 0.4) is 0 Å². The highest BCUT2D eigenvalue weighted by Crippen LogP contribution is 2.21. The lowest BCUT2D eigenvalue weighted by Gasteiger charge is -2.09. The number of benzene rings is 1. The SMILES string of the molecule is O=C(CCc1cccnc1)Nc1ccc(O)cc1C(=O)O. The number of nitrogens with one attached hydrogen (secondary N) is 1. The van der Waals surface area contributed by atoms with Crippen molar-refractivity contribution in [3.63, 3.8) is 0 Å². The molecule has 0 aliphatic rings. The second-order valence-electron chi connectivity index (χ2n) is 4.44. The zero-order chi connectivity index (χ0) is 15.2. The Morgan fingerprint density at radius 2 is 2.05 bits per heavy atom. The van der Waals surface area contributed by atoms with Crippen molar-refractivity contribution in [2.75, 3.05) is 5.32 Å². The van der Waals surface area contributed by atoms with Gasteiger partial charge >= 0.3 is 5.97 Å². The van der Waals surface area contributed by atoms with E-state index in [2.05, 4.69) is 10.3 Å². The smallest absolute Gasteiger partial charge is 0.337 e. The standard InChI is InChI=1S/C15H14N2O4/c18-11-4-5-13(12(8-11)15(20)21)17-14(19)6-3-10-2-1-7-16-9-10/h1-2,4-5,7-9,18H,3,6H2,(H,17,19)(H,20,21). The molecule has 6 nitrogen and oxygen atoms in total. The highest BCUT2D eigenvalue weighted by Gasteiger charge is 2.13. The van der Waals surface area contributed by atoms with E-state index in [1.165, 1.54) is 12.1 Å². The Balaban J connectivity index is 2.01. The van der Waals surface area contributed by atoms with Gasteiger partial charge in [-0.25, -0.2) is 4.79 Å². The summed E-state index contributed by atoms with van der Waals surface area (Å²) < 4.78 is 0. The molecule has 1 amide bonds. The summed E-state index contributed by atoms with van der Waals surface area (Å²) in [6.07, 6.45) is 4.06. The van der Waals surface area contributed by atoms with E-state index < -0.39 is 5.97 Å². The van der Waals surface area contributed by atoms with Crippen LogP contribution < -0.4 is 5.32 Å².